The molecule has 1 fully saturated rings. The van der Waals surface area contributed by atoms with Crippen molar-refractivity contribution in [3.8, 4) is 11.4 Å². The van der Waals surface area contributed by atoms with E-state index in [2.05, 4.69) is 35.4 Å². The maximum atomic E-state index is 14.0. The fourth-order valence-corrected chi connectivity index (χ4v) is 2.84. The summed E-state index contributed by atoms with van der Waals surface area (Å²) in [5.74, 6) is 0.419. The average molecular weight is 341 g/mol. The van der Waals surface area contributed by atoms with Crippen LogP contribution >= 0.6 is 15.9 Å². The number of nitrogens with zero attached hydrogens (tertiary/aromatic N) is 4. The van der Waals surface area contributed by atoms with Crippen LogP contribution in [0.25, 0.3) is 11.4 Å². The lowest BCUT2D eigenvalue weighted by molar-refractivity contribution is 0.0694. The fourth-order valence-electron chi connectivity index (χ4n) is 2.56. The highest BCUT2D eigenvalue weighted by molar-refractivity contribution is 9.10. The SMILES string of the molecule is Cc1ncc(-c2nc(Br)ncc2F)n1C1CCOCC1. The molecular weight excluding hydrogens is 327 g/mol. The zero-order valence-electron chi connectivity index (χ0n) is 11.0. The van der Waals surface area contributed by atoms with E-state index in [1.807, 2.05) is 6.92 Å². The van der Waals surface area contributed by atoms with Gasteiger partial charge in [0.2, 0.25) is 0 Å². The summed E-state index contributed by atoms with van der Waals surface area (Å²) < 4.78 is 21.8. The largest absolute Gasteiger partial charge is 0.381 e. The highest BCUT2D eigenvalue weighted by Gasteiger charge is 2.23. The molecule has 1 aliphatic rings. The molecule has 20 heavy (non-hydrogen) atoms. The summed E-state index contributed by atoms with van der Waals surface area (Å²) in [4.78, 5) is 12.3. The molecule has 1 saturated heterocycles. The van der Waals surface area contributed by atoms with Crippen molar-refractivity contribution in [1.29, 1.82) is 0 Å². The molecule has 0 aliphatic carbocycles. The second-order valence-corrected chi connectivity index (χ2v) is 5.45. The molecule has 7 heteroatoms. The second kappa shape index (κ2) is 5.57. The first-order valence-electron chi connectivity index (χ1n) is 6.47. The molecule has 2 aromatic rings. The Hall–Kier alpha value is -1.34. The zero-order valence-corrected chi connectivity index (χ0v) is 12.6. The van der Waals surface area contributed by atoms with Gasteiger partial charge in [-0.1, -0.05) is 0 Å². The smallest absolute Gasteiger partial charge is 0.197 e. The first-order chi connectivity index (χ1) is 9.66. The minimum atomic E-state index is -0.443. The Morgan fingerprint density at radius 1 is 1.30 bits per heavy atom. The quantitative estimate of drug-likeness (QED) is 0.789. The Balaban J connectivity index is 2.08. The van der Waals surface area contributed by atoms with E-state index in [1.54, 1.807) is 6.20 Å². The Morgan fingerprint density at radius 2 is 2.05 bits per heavy atom. The van der Waals surface area contributed by atoms with Crippen LogP contribution in [0.1, 0.15) is 24.7 Å². The number of rotatable bonds is 2. The third kappa shape index (κ3) is 2.47. The molecule has 0 N–H and O–H groups in total. The monoisotopic (exact) mass is 340 g/mol. The minimum Gasteiger partial charge on any atom is -0.381 e. The standard InChI is InChI=1S/C13H14BrFN4O/c1-8-16-7-11(12-10(15)6-17-13(14)18-12)19(8)9-2-4-20-5-3-9/h6-7,9H,2-5H2,1H3. The lowest BCUT2D eigenvalue weighted by Crippen LogP contribution is -2.21. The van der Waals surface area contributed by atoms with E-state index in [4.69, 9.17) is 4.74 Å². The molecule has 0 unspecified atom stereocenters. The maximum absolute atomic E-state index is 14.0. The van der Waals surface area contributed by atoms with Crippen LogP contribution in [0.5, 0.6) is 0 Å². The van der Waals surface area contributed by atoms with Gasteiger partial charge in [-0.2, -0.15) is 0 Å². The van der Waals surface area contributed by atoms with Gasteiger partial charge in [0.05, 0.1) is 18.1 Å². The summed E-state index contributed by atoms with van der Waals surface area (Å²) in [7, 11) is 0. The lowest BCUT2D eigenvalue weighted by atomic mass is 10.1. The first-order valence-corrected chi connectivity index (χ1v) is 7.26. The Kier molecular flexibility index (Phi) is 3.80. The van der Waals surface area contributed by atoms with Gasteiger partial charge >= 0.3 is 0 Å². The van der Waals surface area contributed by atoms with Crippen molar-refractivity contribution in [1.82, 2.24) is 19.5 Å². The number of hydrogen-bond donors (Lipinski definition) is 0. The Bertz CT molecular complexity index is 625. The van der Waals surface area contributed by atoms with Crippen LogP contribution in [0.2, 0.25) is 0 Å². The van der Waals surface area contributed by atoms with Crippen LogP contribution in [0.15, 0.2) is 17.1 Å². The van der Waals surface area contributed by atoms with E-state index in [1.165, 1.54) is 6.20 Å². The van der Waals surface area contributed by atoms with Crippen LogP contribution in [0.3, 0.4) is 0 Å². The number of imidazole rings is 1. The molecule has 0 spiro atoms. The molecule has 3 rings (SSSR count). The molecule has 0 atom stereocenters. The van der Waals surface area contributed by atoms with Gasteiger partial charge in [-0.3, -0.25) is 0 Å². The molecule has 0 radical (unpaired) electrons. The predicted molar refractivity (Wildman–Crippen MR) is 74.7 cm³/mol. The van der Waals surface area contributed by atoms with Crippen molar-refractivity contribution in [3.63, 3.8) is 0 Å². The summed E-state index contributed by atoms with van der Waals surface area (Å²) >= 11 is 3.18. The summed E-state index contributed by atoms with van der Waals surface area (Å²) in [5, 5.41) is 0. The Morgan fingerprint density at radius 3 is 2.80 bits per heavy atom. The van der Waals surface area contributed by atoms with Gasteiger partial charge < -0.3 is 9.30 Å². The summed E-state index contributed by atoms with van der Waals surface area (Å²) in [6.45, 7) is 3.36. The summed E-state index contributed by atoms with van der Waals surface area (Å²) in [5.41, 5.74) is 0.967. The minimum absolute atomic E-state index is 0.273. The number of halogens is 2. The average Bonchev–Trinajstić information content (AvgIpc) is 2.84. The van der Waals surface area contributed by atoms with Gasteiger partial charge in [0.1, 0.15) is 11.5 Å². The molecule has 0 aromatic carbocycles. The number of hydrogen-bond acceptors (Lipinski definition) is 4. The van der Waals surface area contributed by atoms with Crippen LogP contribution < -0.4 is 0 Å². The highest BCUT2D eigenvalue weighted by Crippen LogP contribution is 2.30. The van der Waals surface area contributed by atoms with Crippen molar-refractivity contribution < 1.29 is 9.13 Å². The maximum Gasteiger partial charge on any atom is 0.197 e. The number of aryl methyl sites for hydroxylation is 1. The molecule has 0 saturated carbocycles. The molecule has 1 aliphatic heterocycles. The van der Waals surface area contributed by atoms with Crippen molar-refractivity contribution in [2.75, 3.05) is 13.2 Å². The second-order valence-electron chi connectivity index (χ2n) is 4.74. The van der Waals surface area contributed by atoms with E-state index in [0.717, 1.165) is 31.9 Å². The Labute approximate surface area is 124 Å². The van der Waals surface area contributed by atoms with Crippen molar-refractivity contribution in [2.24, 2.45) is 0 Å². The molecule has 106 valence electrons. The van der Waals surface area contributed by atoms with Crippen molar-refractivity contribution in [2.45, 2.75) is 25.8 Å². The molecule has 5 nitrogen and oxygen atoms in total. The molecular formula is C13H14BrFN4O. The third-order valence-electron chi connectivity index (χ3n) is 3.50. The number of aromatic nitrogens is 4. The topological polar surface area (TPSA) is 52.8 Å². The van der Waals surface area contributed by atoms with Gasteiger partial charge in [-0.05, 0) is 35.7 Å². The van der Waals surface area contributed by atoms with Gasteiger partial charge in [0.25, 0.3) is 0 Å². The highest BCUT2D eigenvalue weighted by atomic mass is 79.9. The van der Waals surface area contributed by atoms with Gasteiger partial charge in [0.15, 0.2) is 10.6 Å². The molecule has 2 aromatic heterocycles. The van der Waals surface area contributed by atoms with Gasteiger partial charge in [-0.15, -0.1) is 0 Å². The van der Waals surface area contributed by atoms with Gasteiger partial charge in [0, 0.05) is 19.3 Å². The van der Waals surface area contributed by atoms with E-state index >= 15 is 0 Å². The van der Waals surface area contributed by atoms with Crippen molar-refractivity contribution >= 4 is 15.9 Å². The first kappa shape index (κ1) is 13.6. The zero-order chi connectivity index (χ0) is 14.1. The van der Waals surface area contributed by atoms with E-state index in [0.29, 0.717) is 10.4 Å². The fraction of sp³-hybridized carbons (Fsp3) is 0.462. The predicted octanol–water partition coefficient (Wildman–Crippen LogP) is 2.90. The summed E-state index contributed by atoms with van der Waals surface area (Å²) in [6.07, 6.45) is 4.64. The summed E-state index contributed by atoms with van der Waals surface area (Å²) in [6, 6.07) is 0.273. The van der Waals surface area contributed by atoms with E-state index < -0.39 is 5.82 Å². The normalized spacial score (nSPS) is 16.6. The molecule has 0 bridgehead atoms. The number of ether oxygens (including phenoxy) is 1. The van der Waals surface area contributed by atoms with Crippen LogP contribution in [0, 0.1) is 12.7 Å². The van der Waals surface area contributed by atoms with Crippen LogP contribution in [-0.4, -0.2) is 32.7 Å². The van der Waals surface area contributed by atoms with Gasteiger partial charge in [-0.25, -0.2) is 19.3 Å². The van der Waals surface area contributed by atoms with E-state index in [9.17, 15) is 4.39 Å². The molecule has 0 amide bonds. The lowest BCUT2D eigenvalue weighted by Gasteiger charge is -2.26. The van der Waals surface area contributed by atoms with Crippen LogP contribution in [0.4, 0.5) is 4.39 Å². The molecule has 3 heterocycles. The van der Waals surface area contributed by atoms with Crippen molar-refractivity contribution in [3.05, 3.63) is 28.8 Å². The van der Waals surface area contributed by atoms with E-state index in [-0.39, 0.29) is 11.7 Å². The third-order valence-corrected chi connectivity index (χ3v) is 3.88. The van der Waals surface area contributed by atoms with Crippen LogP contribution in [-0.2, 0) is 4.74 Å².